The molecule has 27 heavy (non-hydrogen) atoms. The fraction of sp³-hybridized carbons (Fsp3) is 0.188. The Hall–Kier alpha value is -2.20. The molecule has 0 radical (unpaired) electrons. The summed E-state index contributed by atoms with van der Waals surface area (Å²) in [7, 11) is 0. The number of amidine groups is 1. The molecule has 3 aromatic rings. The standard InChI is InChI=1S/C14H13Cl2N7OS.C2H6/c15-8-3-7(4-9(16)5-8)10-1-2-11(24-10)13-19-14(23-22-13)25-6-12(20-17)21-18;1-2/h1-5H,6,17-18H2,(H,20,21)(H,19,22,23);1-2H3. The fourth-order valence-electron chi connectivity index (χ4n) is 1.99. The topological polar surface area (TPSA) is 131 Å². The second-order valence-corrected chi connectivity index (χ2v) is 6.61. The van der Waals surface area contributed by atoms with Crippen molar-refractivity contribution < 1.29 is 4.42 Å². The lowest BCUT2D eigenvalue weighted by Crippen LogP contribution is -2.33. The van der Waals surface area contributed by atoms with E-state index >= 15 is 0 Å². The number of thioether (sulfide) groups is 1. The summed E-state index contributed by atoms with van der Waals surface area (Å²) in [5.74, 6) is 12.9. The minimum atomic E-state index is 0.411. The van der Waals surface area contributed by atoms with Crippen molar-refractivity contribution in [3.63, 3.8) is 0 Å². The average Bonchev–Trinajstić information content (AvgIpc) is 3.33. The van der Waals surface area contributed by atoms with Crippen LogP contribution in [0.3, 0.4) is 0 Å². The molecule has 0 atom stereocenters. The van der Waals surface area contributed by atoms with Gasteiger partial charge in [0.2, 0.25) is 5.16 Å². The highest BCUT2D eigenvalue weighted by molar-refractivity contribution is 7.99. The third-order valence-electron chi connectivity index (χ3n) is 3.11. The molecule has 6 N–H and O–H groups in total. The summed E-state index contributed by atoms with van der Waals surface area (Å²) in [6.45, 7) is 4.00. The molecule has 0 saturated carbocycles. The zero-order chi connectivity index (χ0) is 19.8. The van der Waals surface area contributed by atoms with Crippen LogP contribution in [-0.2, 0) is 0 Å². The Morgan fingerprint density at radius 1 is 1.22 bits per heavy atom. The van der Waals surface area contributed by atoms with Gasteiger partial charge in [0.05, 0.1) is 5.75 Å². The molecule has 2 aromatic heterocycles. The summed E-state index contributed by atoms with van der Waals surface area (Å²) in [6, 6.07) is 8.79. The van der Waals surface area contributed by atoms with Gasteiger partial charge < -0.3 is 15.7 Å². The number of aromatic amines is 1. The zero-order valence-electron chi connectivity index (χ0n) is 14.7. The van der Waals surface area contributed by atoms with Gasteiger partial charge in [-0.05, 0) is 30.3 Å². The quantitative estimate of drug-likeness (QED) is 0.159. The molecule has 2 heterocycles. The molecule has 1 aromatic carbocycles. The Morgan fingerprint density at radius 3 is 2.52 bits per heavy atom. The Kier molecular flexibility index (Phi) is 7.99. The summed E-state index contributed by atoms with van der Waals surface area (Å²) in [5, 5.41) is 12.0. The monoisotopic (exact) mass is 427 g/mol. The van der Waals surface area contributed by atoms with Crippen LogP contribution in [0.5, 0.6) is 0 Å². The fourth-order valence-corrected chi connectivity index (χ4v) is 3.20. The van der Waals surface area contributed by atoms with E-state index in [2.05, 4.69) is 25.7 Å². The summed E-state index contributed by atoms with van der Waals surface area (Å²) in [4.78, 5) is 4.35. The van der Waals surface area contributed by atoms with E-state index in [4.69, 9.17) is 39.3 Å². The van der Waals surface area contributed by atoms with Gasteiger partial charge in [0.1, 0.15) is 11.6 Å². The molecule has 3 rings (SSSR count). The minimum Gasteiger partial charge on any atom is -0.453 e. The molecule has 0 bridgehead atoms. The molecule has 0 aliphatic carbocycles. The van der Waals surface area contributed by atoms with Crippen LogP contribution in [0.1, 0.15) is 13.8 Å². The van der Waals surface area contributed by atoms with Crippen LogP contribution in [0, 0.1) is 0 Å². The second kappa shape index (κ2) is 10.2. The van der Waals surface area contributed by atoms with Crippen molar-refractivity contribution in [2.45, 2.75) is 19.0 Å². The first-order chi connectivity index (χ1) is 13.1. The SMILES string of the molecule is CC.N/N=C(/CSc1n[nH]c(-c2ccc(-c3cc(Cl)cc(Cl)c3)o2)n1)NN. The number of aromatic nitrogens is 3. The van der Waals surface area contributed by atoms with E-state index in [0.717, 1.165) is 5.56 Å². The van der Waals surface area contributed by atoms with Crippen LogP contribution < -0.4 is 17.1 Å². The molecule has 0 aliphatic rings. The van der Waals surface area contributed by atoms with Gasteiger partial charge >= 0.3 is 0 Å². The summed E-state index contributed by atoms with van der Waals surface area (Å²) >= 11 is 13.4. The predicted molar refractivity (Wildman–Crippen MR) is 111 cm³/mol. The number of hydrogen-bond acceptors (Lipinski definition) is 7. The second-order valence-electron chi connectivity index (χ2n) is 4.80. The van der Waals surface area contributed by atoms with Gasteiger partial charge in [-0.1, -0.05) is 48.8 Å². The van der Waals surface area contributed by atoms with E-state index in [9.17, 15) is 0 Å². The number of hydrazone groups is 1. The van der Waals surface area contributed by atoms with Crippen molar-refractivity contribution in [1.29, 1.82) is 0 Å². The first-order valence-electron chi connectivity index (χ1n) is 7.94. The van der Waals surface area contributed by atoms with E-state index in [0.29, 0.717) is 44.1 Å². The number of halogens is 2. The van der Waals surface area contributed by atoms with Crippen molar-refractivity contribution >= 4 is 40.8 Å². The van der Waals surface area contributed by atoms with Crippen LogP contribution in [0.2, 0.25) is 10.0 Å². The van der Waals surface area contributed by atoms with E-state index in [1.807, 2.05) is 19.9 Å². The molecule has 144 valence electrons. The van der Waals surface area contributed by atoms with Crippen LogP contribution in [0.25, 0.3) is 22.9 Å². The maximum absolute atomic E-state index is 6.02. The van der Waals surface area contributed by atoms with Crippen LogP contribution in [-0.4, -0.2) is 26.8 Å². The van der Waals surface area contributed by atoms with Crippen LogP contribution in [0.15, 0.2) is 45.0 Å². The average molecular weight is 428 g/mol. The van der Waals surface area contributed by atoms with Crippen molar-refractivity contribution in [2.75, 3.05) is 5.75 Å². The summed E-state index contributed by atoms with van der Waals surface area (Å²) in [5.41, 5.74) is 3.16. The number of hydrogen-bond donors (Lipinski definition) is 4. The Bertz CT molecular complexity index is 890. The molecule has 8 nitrogen and oxygen atoms in total. The largest absolute Gasteiger partial charge is 0.453 e. The highest BCUT2D eigenvalue weighted by atomic mass is 35.5. The van der Waals surface area contributed by atoms with Gasteiger partial charge in [0, 0.05) is 15.6 Å². The Morgan fingerprint density at radius 2 is 1.89 bits per heavy atom. The van der Waals surface area contributed by atoms with Crippen LogP contribution in [0.4, 0.5) is 0 Å². The molecule has 0 aliphatic heterocycles. The number of furan rings is 1. The lowest BCUT2D eigenvalue weighted by molar-refractivity contribution is 0.592. The normalized spacial score (nSPS) is 11.1. The Labute approximate surface area is 170 Å². The predicted octanol–water partition coefficient (Wildman–Crippen LogP) is 3.89. The number of nitrogens with one attached hydrogen (secondary N) is 2. The third-order valence-corrected chi connectivity index (χ3v) is 4.41. The van der Waals surface area contributed by atoms with E-state index in [1.54, 1.807) is 24.3 Å². The molecule has 0 spiro atoms. The number of benzene rings is 1. The number of H-pyrrole nitrogens is 1. The lowest BCUT2D eigenvalue weighted by atomic mass is 10.2. The van der Waals surface area contributed by atoms with Crippen LogP contribution >= 0.6 is 35.0 Å². The van der Waals surface area contributed by atoms with Crippen molar-refractivity contribution in [2.24, 2.45) is 16.8 Å². The minimum absolute atomic E-state index is 0.411. The van der Waals surface area contributed by atoms with E-state index < -0.39 is 0 Å². The Balaban J connectivity index is 0.00000126. The zero-order valence-corrected chi connectivity index (χ0v) is 17.0. The van der Waals surface area contributed by atoms with Crippen molar-refractivity contribution in [3.05, 3.63) is 40.4 Å². The molecular weight excluding hydrogens is 409 g/mol. The maximum atomic E-state index is 6.02. The molecule has 0 unspecified atom stereocenters. The number of hydrazine groups is 1. The first kappa shape index (κ1) is 21.1. The van der Waals surface area contributed by atoms with Gasteiger partial charge in [0.15, 0.2) is 11.6 Å². The molecule has 0 fully saturated rings. The molecule has 0 amide bonds. The molecule has 11 heteroatoms. The lowest BCUT2D eigenvalue weighted by Gasteiger charge is -2.00. The summed E-state index contributed by atoms with van der Waals surface area (Å²) in [6.07, 6.45) is 0. The van der Waals surface area contributed by atoms with E-state index in [-0.39, 0.29) is 0 Å². The number of rotatable bonds is 5. The van der Waals surface area contributed by atoms with Gasteiger partial charge in [-0.2, -0.15) is 10.1 Å². The highest BCUT2D eigenvalue weighted by Gasteiger charge is 2.13. The smallest absolute Gasteiger partial charge is 0.209 e. The highest BCUT2D eigenvalue weighted by Crippen LogP contribution is 2.31. The summed E-state index contributed by atoms with van der Waals surface area (Å²) < 4.78 is 5.81. The van der Waals surface area contributed by atoms with Gasteiger partial charge in [-0.15, -0.1) is 5.10 Å². The van der Waals surface area contributed by atoms with E-state index in [1.165, 1.54) is 11.8 Å². The first-order valence-corrected chi connectivity index (χ1v) is 9.68. The third kappa shape index (κ3) is 5.64. The van der Waals surface area contributed by atoms with Crippen molar-refractivity contribution in [3.8, 4) is 22.9 Å². The van der Waals surface area contributed by atoms with Gasteiger partial charge in [0.25, 0.3) is 0 Å². The number of nitrogens with zero attached hydrogens (tertiary/aromatic N) is 3. The molecule has 0 saturated heterocycles. The maximum Gasteiger partial charge on any atom is 0.209 e. The van der Waals surface area contributed by atoms with Gasteiger partial charge in [-0.3, -0.25) is 5.10 Å². The molecular formula is C16H19Cl2N7OS. The van der Waals surface area contributed by atoms with Crippen molar-refractivity contribution in [1.82, 2.24) is 20.6 Å². The number of nitrogens with two attached hydrogens (primary N) is 2. The van der Waals surface area contributed by atoms with Gasteiger partial charge in [-0.25, -0.2) is 5.84 Å².